The van der Waals surface area contributed by atoms with Crippen molar-refractivity contribution in [2.75, 3.05) is 12.4 Å². The maximum Gasteiger partial charge on any atom is 0.336 e. The van der Waals surface area contributed by atoms with Gasteiger partial charge in [-0.05, 0) is 54.8 Å². The van der Waals surface area contributed by atoms with Gasteiger partial charge in [0, 0.05) is 22.9 Å². The Morgan fingerprint density at radius 1 is 1.14 bits per heavy atom. The fourth-order valence-electron chi connectivity index (χ4n) is 2.90. The number of rotatable bonds is 6. The van der Waals surface area contributed by atoms with E-state index in [9.17, 15) is 4.79 Å². The highest BCUT2D eigenvalue weighted by Gasteiger charge is 2.12. The van der Waals surface area contributed by atoms with Gasteiger partial charge in [0.15, 0.2) is 4.34 Å². The van der Waals surface area contributed by atoms with Gasteiger partial charge in [0.05, 0.1) is 7.11 Å². The van der Waals surface area contributed by atoms with Gasteiger partial charge in [-0.2, -0.15) is 0 Å². The fraction of sp³-hybridized carbons (Fsp3) is 0.190. The predicted molar refractivity (Wildman–Crippen MR) is 118 cm³/mol. The van der Waals surface area contributed by atoms with E-state index in [2.05, 4.69) is 15.5 Å². The van der Waals surface area contributed by atoms with Crippen LogP contribution in [0.4, 0.5) is 10.8 Å². The molecule has 2 aromatic carbocycles. The number of nitrogens with one attached hydrogen (secondary N) is 1. The summed E-state index contributed by atoms with van der Waals surface area (Å²) < 4.78 is 11.4. The summed E-state index contributed by atoms with van der Waals surface area (Å²) in [6.45, 7) is 3.98. The summed E-state index contributed by atoms with van der Waals surface area (Å²) in [6, 6.07) is 13.2. The molecule has 0 aliphatic heterocycles. The first-order valence-corrected chi connectivity index (χ1v) is 10.7. The maximum atomic E-state index is 12.0. The summed E-state index contributed by atoms with van der Waals surface area (Å²) in [4.78, 5) is 12.0. The van der Waals surface area contributed by atoms with Crippen molar-refractivity contribution in [1.29, 1.82) is 0 Å². The average Bonchev–Trinajstić information content (AvgIpc) is 3.17. The summed E-state index contributed by atoms with van der Waals surface area (Å²) in [5.41, 5.74) is 4.27. The molecule has 0 amide bonds. The molecule has 0 spiro atoms. The second-order valence-corrected chi connectivity index (χ2v) is 8.69. The second-order valence-electron chi connectivity index (χ2n) is 6.49. The molecule has 0 fully saturated rings. The summed E-state index contributed by atoms with van der Waals surface area (Å²) in [5, 5.41) is 13.3. The lowest BCUT2D eigenvalue weighted by molar-refractivity contribution is 0.415. The Balaban J connectivity index is 1.50. The number of thioether (sulfide) groups is 1. The third-order valence-corrected chi connectivity index (χ3v) is 6.64. The zero-order chi connectivity index (χ0) is 20.4. The van der Waals surface area contributed by atoms with Crippen LogP contribution in [0.1, 0.15) is 16.7 Å². The highest BCUT2D eigenvalue weighted by Crippen LogP contribution is 2.32. The van der Waals surface area contributed by atoms with E-state index in [4.69, 9.17) is 9.15 Å². The number of anilines is 2. The van der Waals surface area contributed by atoms with E-state index in [0.29, 0.717) is 16.5 Å². The molecule has 0 aliphatic carbocycles. The summed E-state index contributed by atoms with van der Waals surface area (Å²) in [7, 11) is 1.64. The van der Waals surface area contributed by atoms with Gasteiger partial charge in [0.25, 0.3) is 0 Å². The molecule has 29 heavy (non-hydrogen) atoms. The molecule has 0 saturated carbocycles. The van der Waals surface area contributed by atoms with Crippen LogP contribution < -0.4 is 15.7 Å². The van der Waals surface area contributed by atoms with E-state index in [1.165, 1.54) is 11.3 Å². The SMILES string of the molecule is COc1ccc(Nc2nnc(SCc3cc(=O)oc4c(C)c(C)ccc34)s2)cc1. The number of methoxy groups -OCH3 is 1. The third-order valence-electron chi connectivity index (χ3n) is 4.62. The van der Waals surface area contributed by atoms with Crippen molar-refractivity contribution in [3.63, 3.8) is 0 Å². The van der Waals surface area contributed by atoms with Crippen LogP contribution in [0.15, 0.2) is 56.0 Å². The molecule has 6 nitrogen and oxygen atoms in total. The molecular formula is C21H19N3O3S2. The van der Waals surface area contributed by atoms with Crippen LogP contribution in [0, 0.1) is 13.8 Å². The normalized spacial score (nSPS) is 11.0. The van der Waals surface area contributed by atoms with Crippen molar-refractivity contribution in [2.45, 2.75) is 23.9 Å². The predicted octanol–water partition coefficient (Wildman–Crippen LogP) is 5.31. The third kappa shape index (κ3) is 4.28. The number of fused-ring (bicyclic) bond motifs is 1. The van der Waals surface area contributed by atoms with E-state index < -0.39 is 0 Å². The van der Waals surface area contributed by atoms with Gasteiger partial charge >= 0.3 is 5.63 Å². The molecule has 0 aliphatic rings. The number of aromatic nitrogens is 2. The Kier molecular flexibility index (Phi) is 5.55. The monoisotopic (exact) mass is 425 g/mol. The van der Waals surface area contributed by atoms with Gasteiger partial charge < -0.3 is 14.5 Å². The lowest BCUT2D eigenvalue weighted by atomic mass is 10.0. The first-order chi connectivity index (χ1) is 14.0. The molecule has 0 radical (unpaired) electrons. The number of ether oxygens (including phenoxy) is 1. The Morgan fingerprint density at radius 2 is 1.93 bits per heavy atom. The minimum atomic E-state index is -0.332. The van der Waals surface area contributed by atoms with Gasteiger partial charge in [0.2, 0.25) is 5.13 Å². The highest BCUT2D eigenvalue weighted by molar-refractivity contribution is 8.00. The van der Waals surface area contributed by atoms with Gasteiger partial charge in [0.1, 0.15) is 11.3 Å². The highest BCUT2D eigenvalue weighted by atomic mass is 32.2. The van der Waals surface area contributed by atoms with Crippen molar-refractivity contribution in [2.24, 2.45) is 0 Å². The zero-order valence-electron chi connectivity index (χ0n) is 16.2. The Morgan fingerprint density at radius 3 is 2.69 bits per heavy atom. The quantitative estimate of drug-likeness (QED) is 0.331. The molecule has 4 aromatic rings. The number of nitrogens with zero attached hydrogens (tertiary/aromatic N) is 2. The Hall–Kier alpha value is -2.84. The van der Waals surface area contributed by atoms with E-state index in [-0.39, 0.29) is 5.63 Å². The molecule has 148 valence electrons. The molecule has 0 unspecified atom stereocenters. The van der Waals surface area contributed by atoms with E-state index >= 15 is 0 Å². The molecular weight excluding hydrogens is 406 g/mol. The minimum absolute atomic E-state index is 0.332. The van der Waals surface area contributed by atoms with E-state index in [1.807, 2.05) is 50.2 Å². The molecule has 0 saturated heterocycles. The first kappa shape index (κ1) is 19.5. The minimum Gasteiger partial charge on any atom is -0.497 e. The summed E-state index contributed by atoms with van der Waals surface area (Å²) >= 11 is 3.02. The second kappa shape index (κ2) is 8.26. The summed E-state index contributed by atoms with van der Waals surface area (Å²) in [5.74, 6) is 1.41. The van der Waals surface area contributed by atoms with Gasteiger partial charge in [-0.3, -0.25) is 0 Å². The van der Waals surface area contributed by atoms with Crippen LogP contribution >= 0.6 is 23.1 Å². The molecule has 0 atom stereocenters. The first-order valence-electron chi connectivity index (χ1n) is 8.94. The van der Waals surface area contributed by atoms with Gasteiger partial charge in [-0.25, -0.2) is 4.79 Å². The van der Waals surface area contributed by atoms with Crippen molar-refractivity contribution >= 4 is 44.9 Å². The zero-order valence-corrected chi connectivity index (χ0v) is 17.8. The molecule has 1 N–H and O–H groups in total. The Bertz CT molecular complexity index is 1220. The van der Waals surface area contributed by atoms with Gasteiger partial charge in [-0.1, -0.05) is 35.2 Å². The lowest BCUT2D eigenvalue weighted by Crippen LogP contribution is -2.01. The smallest absolute Gasteiger partial charge is 0.336 e. The van der Waals surface area contributed by atoms with Crippen LogP contribution in [0.25, 0.3) is 11.0 Å². The van der Waals surface area contributed by atoms with Crippen molar-refractivity contribution in [3.05, 3.63) is 69.6 Å². The van der Waals surface area contributed by atoms with Crippen molar-refractivity contribution < 1.29 is 9.15 Å². The van der Waals surface area contributed by atoms with Gasteiger partial charge in [-0.15, -0.1) is 10.2 Å². The Labute approximate surface area is 175 Å². The molecule has 2 aromatic heterocycles. The fourth-order valence-corrected chi connectivity index (χ4v) is 4.66. The van der Waals surface area contributed by atoms with Crippen LogP contribution in [0.2, 0.25) is 0 Å². The van der Waals surface area contributed by atoms with Crippen LogP contribution in [0.5, 0.6) is 5.75 Å². The largest absolute Gasteiger partial charge is 0.497 e. The standard InChI is InChI=1S/C21H19N3O3S2/c1-12-4-9-17-14(10-18(25)27-19(17)13(12)2)11-28-21-24-23-20(29-21)22-15-5-7-16(26-3)8-6-15/h4-10H,11H2,1-3H3,(H,22,23). The maximum absolute atomic E-state index is 12.0. The van der Waals surface area contributed by atoms with Crippen LogP contribution in [-0.2, 0) is 5.75 Å². The van der Waals surface area contributed by atoms with Crippen molar-refractivity contribution in [1.82, 2.24) is 10.2 Å². The topological polar surface area (TPSA) is 77.2 Å². The average molecular weight is 426 g/mol. The lowest BCUT2D eigenvalue weighted by Gasteiger charge is -2.08. The van der Waals surface area contributed by atoms with Crippen LogP contribution in [-0.4, -0.2) is 17.3 Å². The summed E-state index contributed by atoms with van der Waals surface area (Å²) in [6.07, 6.45) is 0. The number of benzene rings is 2. The van der Waals surface area contributed by atoms with E-state index in [1.54, 1.807) is 24.9 Å². The van der Waals surface area contributed by atoms with Crippen LogP contribution in [0.3, 0.4) is 0 Å². The number of aryl methyl sites for hydroxylation is 2. The molecule has 4 rings (SSSR count). The molecule has 2 heterocycles. The number of hydrogen-bond acceptors (Lipinski definition) is 8. The number of hydrogen-bond donors (Lipinski definition) is 1. The molecule has 0 bridgehead atoms. The van der Waals surface area contributed by atoms with E-state index in [0.717, 1.165) is 37.9 Å². The van der Waals surface area contributed by atoms with Crippen molar-refractivity contribution in [3.8, 4) is 5.75 Å². The molecule has 8 heteroatoms.